The van der Waals surface area contributed by atoms with Crippen molar-refractivity contribution < 1.29 is 0 Å². The van der Waals surface area contributed by atoms with Crippen LogP contribution in [0.3, 0.4) is 0 Å². The van der Waals surface area contributed by atoms with Gasteiger partial charge >= 0.3 is 0 Å². The lowest BCUT2D eigenvalue weighted by Crippen LogP contribution is -2.38. The van der Waals surface area contributed by atoms with E-state index in [0.29, 0.717) is 12.1 Å². The number of anilines is 1. The molecule has 2 unspecified atom stereocenters. The van der Waals surface area contributed by atoms with Crippen LogP contribution in [0.25, 0.3) is 0 Å². The maximum atomic E-state index is 3.97. The molecule has 1 aliphatic rings. The molecular formula is C28H35ClN2. The third-order valence-corrected chi connectivity index (χ3v) is 6.45. The Hall–Kier alpha value is -2.29. The third-order valence-electron chi connectivity index (χ3n) is 6.45. The van der Waals surface area contributed by atoms with Gasteiger partial charge < -0.3 is 10.2 Å². The molecular weight excluding hydrogens is 400 g/mol. The maximum absolute atomic E-state index is 3.97. The standard InChI is InChI=1S/C28H34N2.ClH/c1-3-4-12-19-30(2)27-21-23-15-8-10-17-25(23)28(27)29-26-18-11-9-16-24(26)20-22-13-6-5-7-14-22;/h5-11,13-18,27-29H,3-4,12,19-21H2,1-2H3;1H. The second kappa shape index (κ2) is 11.4. The minimum atomic E-state index is 0. The molecule has 2 nitrogen and oxygen atoms in total. The molecule has 3 heteroatoms. The second-order valence-electron chi connectivity index (χ2n) is 8.60. The SMILES string of the molecule is CCCCCN(C)C1Cc2ccccc2C1Nc1ccccc1Cc1ccccc1.Cl. The van der Waals surface area contributed by atoms with E-state index in [2.05, 4.69) is 103 Å². The first-order valence-electron chi connectivity index (χ1n) is 11.4. The molecule has 3 aromatic carbocycles. The summed E-state index contributed by atoms with van der Waals surface area (Å²) in [5.74, 6) is 0. The Morgan fingerprint density at radius 1 is 0.871 bits per heavy atom. The van der Waals surface area contributed by atoms with Gasteiger partial charge in [-0.25, -0.2) is 0 Å². The van der Waals surface area contributed by atoms with Crippen molar-refractivity contribution in [3.8, 4) is 0 Å². The van der Waals surface area contributed by atoms with Gasteiger partial charge in [-0.1, -0.05) is 92.6 Å². The molecule has 0 heterocycles. The van der Waals surface area contributed by atoms with Crippen LogP contribution in [0, 0.1) is 0 Å². The van der Waals surface area contributed by atoms with E-state index in [1.165, 1.54) is 47.2 Å². The Balaban J connectivity index is 0.00000272. The number of para-hydroxylation sites is 1. The van der Waals surface area contributed by atoms with E-state index in [1.807, 2.05) is 0 Å². The van der Waals surface area contributed by atoms with E-state index in [4.69, 9.17) is 0 Å². The average Bonchev–Trinajstić information content (AvgIpc) is 3.14. The molecule has 4 rings (SSSR count). The highest BCUT2D eigenvalue weighted by molar-refractivity contribution is 5.85. The van der Waals surface area contributed by atoms with Gasteiger partial charge in [0.2, 0.25) is 0 Å². The van der Waals surface area contributed by atoms with Crippen molar-refractivity contribution in [3.05, 3.63) is 101 Å². The lowest BCUT2D eigenvalue weighted by molar-refractivity contribution is 0.225. The fourth-order valence-corrected chi connectivity index (χ4v) is 4.73. The van der Waals surface area contributed by atoms with E-state index in [-0.39, 0.29) is 12.4 Å². The van der Waals surface area contributed by atoms with Gasteiger partial charge in [0.25, 0.3) is 0 Å². The quantitative estimate of drug-likeness (QED) is 0.368. The summed E-state index contributed by atoms with van der Waals surface area (Å²) >= 11 is 0. The van der Waals surface area contributed by atoms with E-state index >= 15 is 0 Å². The highest BCUT2D eigenvalue weighted by atomic mass is 35.5. The summed E-state index contributed by atoms with van der Waals surface area (Å²) in [6.07, 6.45) is 5.93. The number of rotatable bonds is 9. The minimum absolute atomic E-state index is 0. The monoisotopic (exact) mass is 434 g/mol. The van der Waals surface area contributed by atoms with E-state index < -0.39 is 0 Å². The number of hydrogen-bond acceptors (Lipinski definition) is 2. The molecule has 0 saturated heterocycles. The molecule has 31 heavy (non-hydrogen) atoms. The normalized spacial score (nSPS) is 17.3. The summed E-state index contributed by atoms with van der Waals surface area (Å²) < 4.78 is 0. The van der Waals surface area contributed by atoms with E-state index in [9.17, 15) is 0 Å². The van der Waals surface area contributed by atoms with E-state index in [0.717, 1.165) is 19.4 Å². The van der Waals surface area contributed by atoms with Crippen LogP contribution in [0.2, 0.25) is 0 Å². The molecule has 0 saturated carbocycles. The summed E-state index contributed by atoms with van der Waals surface area (Å²) in [6, 6.07) is 29.4. The van der Waals surface area contributed by atoms with Gasteiger partial charge in [-0.05, 0) is 61.2 Å². The first-order chi connectivity index (χ1) is 14.8. The number of halogens is 1. The highest BCUT2D eigenvalue weighted by Gasteiger charge is 2.34. The Labute approximate surface area is 194 Å². The summed E-state index contributed by atoms with van der Waals surface area (Å²) in [6.45, 7) is 3.44. The van der Waals surface area contributed by atoms with Crippen LogP contribution < -0.4 is 5.32 Å². The van der Waals surface area contributed by atoms with Gasteiger partial charge in [0.1, 0.15) is 0 Å². The van der Waals surface area contributed by atoms with Crippen molar-refractivity contribution in [1.29, 1.82) is 0 Å². The van der Waals surface area contributed by atoms with Crippen LogP contribution in [0.5, 0.6) is 0 Å². The van der Waals surface area contributed by atoms with E-state index in [1.54, 1.807) is 0 Å². The Morgan fingerprint density at radius 3 is 2.39 bits per heavy atom. The van der Waals surface area contributed by atoms with Gasteiger partial charge in [-0.3, -0.25) is 0 Å². The number of likely N-dealkylation sites (N-methyl/N-ethyl adjacent to an activating group) is 1. The molecule has 0 amide bonds. The van der Waals surface area contributed by atoms with Crippen molar-refractivity contribution in [2.75, 3.05) is 18.9 Å². The first-order valence-corrected chi connectivity index (χ1v) is 11.4. The summed E-state index contributed by atoms with van der Waals surface area (Å²) in [7, 11) is 2.30. The van der Waals surface area contributed by atoms with Crippen LogP contribution in [-0.4, -0.2) is 24.5 Å². The smallest absolute Gasteiger partial charge is 0.0675 e. The van der Waals surface area contributed by atoms with Gasteiger partial charge in [0.15, 0.2) is 0 Å². The Bertz CT molecular complexity index is 941. The zero-order valence-corrected chi connectivity index (χ0v) is 19.6. The molecule has 0 fully saturated rings. The number of unbranched alkanes of at least 4 members (excludes halogenated alkanes) is 2. The van der Waals surface area contributed by atoms with Crippen molar-refractivity contribution in [2.24, 2.45) is 0 Å². The molecule has 1 aliphatic carbocycles. The minimum Gasteiger partial charge on any atom is -0.376 e. The Kier molecular flexibility index (Phi) is 8.57. The first kappa shape index (κ1) is 23.4. The van der Waals surface area contributed by atoms with Gasteiger partial charge in [0, 0.05) is 11.7 Å². The van der Waals surface area contributed by atoms with Crippen LogP contribution >= 0.6 is 12.4 Å². The molecule has 164 valence electrons. The fourth-order valence-electron chi connectivity index (χ4n) is 4.73. The predicted molar refractivity (Wildman–Crippen MR) is 135 cm³/mol. The zero-order chi connectivity index (χ0) is 20.8. The highest BCUT2D eigenvalue weighted by Crippen LogP contribution is 2.37. The van der Waals surface area contributed by atoms with Crippen molar-refractivity contribution in [3.63, 3.8) is 0 Å². The third kappa shape index (κ3) is 5.70. The average molecular weight is 435 g/mol. The van der Waals surface area contributed by atoms with Crippen molar-refractivity contribution in [2.45, 2.75) is 51.1 Å². The lowest BCUT2D eigenvalue weighted by atomic mass is 10.0. The van der Waals surface area contributed by atoms with Crippen molar-refractivity contribution >= 4 is 18.1 Å². The summed E-state index contributed by atoms with van der Waals surface area (Å²) in [4.78, 5) is 2.58. The largest absolute Gasteiger partial charge is 0.376 e. The molecule has 0 spiro atoms. The molecule has 3 aromatic rings. The topological polar surface area (TPSA) is 15.3 Å². The molecule has 0 aromatic heterocycles. The number of benzene rings is 3. The zero-order valence-electron chi connectivity index (χ0n) is 18.8. The molecule has 2 atom stereocenters. The predicted octanol–water partition coefficient (Wildman–Crippen LogP) is 6.90. The van der Waals surface area contributed by atoms with Crippen LogP contribution in [0.4, 0.5) is 5.69 Å². The van der Waals surface area contributed by atoms with Crippen molar-refractivity contribution in [1.82, 2.24) is 4.90 Å². The van der Waals surface area contributed by atoms with Gasteiger partial charge in [-0.2, -0.15) is 0 Å². The molecule has 0 bridgehead atoms. The lowest BCUT2D eigenvalue weighted by Gasteiger charge is -2.32. The number of nitrogens with one attached hydrogen (secondary N) is 1. The fraction of sp³-hybridized carbons (Fsp3) is 0.357. The van der Waals surface area contributed by atoms with Crippen LogP contribution in [-0.2, 0) is 12.8 Å². The molecule has 0 aliphatic heterocycles. The summed E-state index contributed by atoms with van der Waals surface area (Å²) in [5.41, 5.74) is 6.92. The Morgan fingerprint density at radius 2 is 1.58 bits per heavy atom. The molecule has 1 N–H and O–H groups in total. The van der Waals surface area contributed by atoms with Gasteiger partial charge in [-0.15, -0.1) is 12.4 Å². The molecule has 0 radical (unpaired) electrons. The van der Waals surface area contributed by atoms with Crippen LogP contribution in [0.15, 0.2) is 78.9 Å². The summed E-state index contributed by atoms with van der Waals surface area (Å²) in [5, 5.41) is 3.97. The number of hydrogen-bond donors (Lipinski definition) is 1. The number of nitrogens with zero attached hydrogens (tertiary/aromatic N) is 1. The second-order valence-corrected chi connectivity index (χ2v) is 8.60. The number of fused-ring (bicyclic) bond motifs is 1. The maximum Gasteiger partial charge on any atom is 0.0675 e. The van der Waals surface area contributed by atoms with Gasteiger partial charge in [0.05, 0.1) is 6.04 Å². The van der Waals surface area contributed by atoms with Crippen LogP contribution in [0.1, 0.15) is 54.5 Å².